The lowest BCUT2D eigenvalue weighted by atomic mass is 10.2. The molecule has 0 saturated heterocycles. The summed E-state index contributed by atoms with van der Waals surface area (Å²) < 4.78 is 5.87. The Morgan fingerprint density at radius 3 is 2.67 bits per heavy atom. The molecule has 0 aliphatic rings. The van der Waals surface area contributed by atoms with Crippen molar-refractivity contribution in [3.8, 4) is 5.75 Å². The quantitative estimate of drug-likeness (QED) is 0.729. The fourth-order valence-electron chi connectivity index (χ4n) is 2.24. The molecule has 2 aromatic rings. The third-order valence-corrected chi connectivity index (χ3v) is 3.56. The minimum atomic E-state index is -0.315. The van der Waals surface area contributed by atoms with E-state index in [1.165, 1.54) is 0 Å². The summed E-state index contributed by atoms with van der Waals surface area (Å²) in [6, 6.07) is 15.1. The Balaban J connectivity index is 2.02. The van der Waals surface area contributed by atoms with E-state index in [9.17, 15) is 4.79 Å². The van der Waals surface area contributed by atoms with Crippen LogP contribution < -0.4 is 15.4 Å². The third kappa shape index (κ3) is 5.59. The number of aliphatic hydroxyl groups excluding tert-OH is 1. The van der Waals surface area contributed by atoms with Crippen molar-refractivity contribution in [1.29, 1.82) is 0 Å². The van der Waals surface area contributed by atoms with Crippen LogP contribution in [0.4, 0.5) is 10.5 Å². The Hall–Kier alpha value is -2.53. The van der Waals surface area contributed by atoms with Crippen LogP contribution in [0, 0.1) is 6.92 Å². The molecule has 0 saturated carbocycles. The Bertz CT molecular complexity index is 659. The molecule has 0 bridgehead atoms. The molecule has 0 aliphatic heterocycles. The minimum absolute atomic E-state index is 0.0391. The summed E-state index contributed by atoms with van der Waals surface area (Å²) in [6.07, 6.45) is 0.513. The van der Waals surface area contributed by atoms with E-state index in [1.807, 2.05) is 62.4 Å². The number of anilines is 1. The van der Waals surface area contributed by atoms with Crippen LogP contribution in [-0.4, -0.2) is 23.8 Å². The molecule has 128 valence electrons. The summed E-state index contributed by atoms with van der Waals surface area (Å²) in [5.41, 5.74) is 2.73. The number of amides is 2. The van der Waals surface area contributed by atoms with Gasteiger partial charge in [-0.15, -0.1) is 0 Å². The van der Waals surface area contributed by atoms with Crippen molar-refractivity contribution in [3.63, 3.8) is 0 Å². The Kier molecular flexibility index (Phi) is 6.63. The van der Waals surface area contributed by atoms with Crippen LogP contribution in [0.1, 0.15) is 24.5 Å². The molecule has 0 radical (unpaired) electrons. The molecule has 0 aliphatic carbocycles. The average molecular weight is 328 g/mol. The number of nitrogens with one attached hydrogen (secondary N) is 2. The molecule has 3 N–H and O–H groups in total. The molecule has 0 fully saturated rings. The van der Waals surface area contributed by atoms with Gasteiger partial charge in [0.15, 0.2) is 0 Å². The second-order valence-corrected chi connectivity index (χ2v) is 5.79. The standard InChI is InChI=1S/C19H24N2O3/c1-14-8-9-17(21-19(23)20-15(2)10-11-22)18(12-14)24-13-16-6-4-3-5-7-16/h3-9,12,15,22H,10-11,13H2,1-2H3,(H2,20,21,23)/t15-/m1/s1. The van der Waals surface area contributed by atoms with Gasteiger partial charge >= 0.3 is 6.03 Å². The lowest BCUT2D eigenvalue weighted by Gasteiger charge is -2.16. The van der Waals surface area contributed by atoms with Gasteiger partial charge in [-0.25, -0.2) is 4.79 Å². The predicted octanol–water partition coefficient (Wildman–Crippen LogP) is 3.47. The van der Waals surface area contributed by atoms with Crippen LogP contribution in [0.15, 0.2) is 48.5 Å². The maximum absolute atomic E-state index is 12.0. The number of aliphatic hydroxyl groups is 1. The first-order chi connectivity index (χ1) is 11.6. The predicted molar refractivity (Wildman–Crippen MR) is 95.3 cm³/mol. The number of urea groups is 1. The first-order valence-corrected chi connectivity index (χ1v) is 8.04. The van der Waals surface area contributed by atoms with E-state index >= 15 is 0 Å². The Morgan fingerprint density at radius 2 is 1.96 bits per heavy atom. The summed E-state index contributed by atoms with van der Waals surface area (Å²) >= 11 is 0. The number of benzene rings is 2. The third-order valence-electron chi connectivity index (χ3n) is 3.56. The van der Waals surface area contributed by atoms with Gasteiger partial charge < -0.3 is 20.5 Å². The van der Waals surface area contributed by atoms with Gasteiger partial charge in [-0.1, -0.05) is 36.4 Å². The maximum atomic E-state index is 12.0. The van der Waals surface area contributed by atoms with Crippen LogP contribution in [0.25, 0.3) is 0 Å². The fraction of sp³-hybridized carbons (Fsp3) is 0.316. The highest BCUT2D eigenvalue weighted by Gasteiger charge is 2.11. The first-order valence-electron chi connectivity index (χ1n) is 8.04. The van der Waals surface area contributed by atoms with E-state index < -0.39 is 0 Å². The van der Waals surface area contributed by atoms with Gasteiger partial charge in [-0.2, -0.15) is 0 Å². The van der Waals surface area contributed by atoms with E-state index in [0.29, 0.717) is 24.5 Å². The van der Waals surface area contributed by atoms with E-state index in [2.05, 4.69) is 10.6 Å². The molecular formula is C19H24N2O3. The summed E-state index contributed by atoms with van der Waals surface area (Å²) in [5, 5.41) is 14.5. The van der Waals surface area contributed by atoms with Crippen molar-refractivity contribution in [1.82, 2.24) is 5.32 Å². The van der Waals surface area contributed by atoms with Gasteiger partial charge in [0.1, 0.15) is 12.4 Å². The summed E-state index contributed by atoms with van der Waals surface area (Å²) in [7, 11) is 0. The number of hydrogen-bond donors (Lipinski definition) is 3. The Morgan fingerprint density at radius 1 is 1.21 bits per heavy atom. The summed E-state index contributed by atoms with van der Waals surface area (Å²) in [4.78, 5) is 12.0. The van der Waals surface area contributed by atoms with Crippen molar-refractivity contribution in [3.05, 3.63) is 59.7 Å². The molecule has 2 rings (SSSR count). The second kappa shape index (κ2) is 8.93. The average Bonchev–Trinajstić information content (AvgIpc) is 2.56. The highest BCUT2D eigenvalue weighted by atomic mass is 16.5. The topological polar surface area (TPSA) is 70.6 Å². The van der Waals surface area contributed by atoms with Crippen LogP contribution in [0.3, 0.4) is 0 Å². The van der Waals surface area contributed by atoms with E-state index in [0.717, 1.165) is 11.1 Å². The summed E-state index contributed by atoms with van der Waals surface area (Å²) in [6.45, 7) is 4.29. The smallest absolute Gasteiger partial charge is 0.319 e. The number of ether oxygens (including phenoxy) is 1. The van der Waals surface area contributed by atoms with Gasteiger partial charge in [0.2, 0.25) is 0 Å². The zero-order chi connectivity index (χ0) is 17.4. The minimum Gasteiger partial charge on any atom is -0.487 e. The van der Waals surface area contributed by atoms with Gasteiger partial charge in [0, 0.05) is 12.6 Å². The van der Waals surface area contributed by atoms with Gasteiger partial charge in [0.05, 0.1) is 5.69 Å². The Labute approximate surface area is 142 Å². The second-order valence-electron chi connectivity index (χ2n) is 5.79. The van der Waals surface area contributed by atoms with Crippen molar-refractivity contribution < 1.29 is 14.6 Å². The molecular weight excluding hydrogens is 304 g/mol. The number of carbonyl (C=O) groups excluding carboxylic acids is 1. The summed E-state index contributed by atoms with van der Waals surface area (Å²) in [5.74, 6) is 0.629. The molecule has 24 heavy (non-hydrogen) atoms. The SMILES string of the molecule is Cc1ccc(NC(=O)N[C@H](C)CCO)c(OCc2ccccc2)c1. The van der Waals surface area contributed by atoms with Crippen LogP contribution in [0.5, 0.6) is 5.75 Å². The molecule has 2 amide bonds. The van der Waals surface area contributed by atoms with Crippen molar-refractivity contribution in [2.24, 2.45) is 0 Å². The van der Waals surface area contributed by atoms with Gasteiger partial charge in [0.25, 0.3) is 0 Å². The number of aryl methyl sites for hydroxylation is 1. The molecule has 5 nitrogen and oxygen atoms in total. The van der Waals surface area contributed by atoms with Crippen LogP contribution in [0.2, 0.25) is 0 Å². The zero-order valence-electron chi connectivity index (χ0n) is 14.1. The number of rotatable bonds is 7. The maximum Gasteiger partial charge on any atom is 0.319 e. The fourth-order valence-corrected chi connectivity index (χ4v) is 2.24. The van der Waals surface area contributed by atoms with E-state index in [1.54, 1.807) is 0 Å². The van der Waals surface area contributed by atoms with Gasteiger partial charge in [-0.05, 0) is 43.5 Å². The normalized spacial score (nSPS) is 11.6. The van der Waals surface area contributed by atoms with Crippen molar-refractivity contribution in [2.75, 3.05) is 11.9 Å². The van der Waals surface area contributed by atoms with Gasteiger partial charge in [-0.3, -0.25) is 0 Å². The van der Waals surface area contributed by atoms with E-state index in [4.69, 9.17) is 9.84 Å². The molecule has 0 heterocycles. The molecule has 2 aromatic carbocycles. The zero-order valence-corrected chi connectivity index (χ0v) is 14.1. The first kappa shape index (κ1) is 17.8. The highest BCUT2D eigenvalue weighted by Crippen LogP contribution is 2.26. The van der Waals surface area contributed by atoms with E-state index in [-0.39, 0.29) is 18.7 Å². The molecule has 5 heteroatoms. The van der Waals surface area contributed by atoms with Crippen molar-refractivity contribution in [2.45, 2.75) is 32.9 Å². The number of carbonyl (C=O) groups is 1. The highest BCUT2D eigenvalue weighted by molar-refractivity contribution is 5.91. The largest absolute Gasteiger partial charge is 0.487 e. The lowest BCUT2D eigenvalue weighted by Crippen LogP contribution is -2.36. The molecule has 1 atom stereocenters. The molecule has 0 aromatic heterocycles. The monoisotopic (exact) mass is 328 g/mol. The molecule has 0 spiro atoms. The molecule has 0 unspecified atom stereocenters. The number of hydrogen-bond acceptors (Lipinski definition) is 3. The van der Waals surface area contributed by atoms with Crippen molar-refractivity contribution >= 4 is 11.7 Å². The van der Waals surface area contributed by atoms with Crippen LogP contribution >= 0.6 is 0 Å². The van der Waals surface area contributed by atoms with Crippen LogP contribution in [-0.2, 0) is 6.61 Å². The lowest BCUT2D eigenvalue weighted by molar-refractivity contribution is 0.241.